The summed E-state index contributed by atoms with van der Waals surface area (Å²) in [6, 6.07) is 20.6. The average Bonchev–Trinajstić information content (AvgIpc) is 2.68. The van der Waals surface area contributed by atoms with Gasteiger partial charge < -0.3 is 10.1 Å². The molecule has 3 rings (SSSR count). The van der Waals surface area contributed by atoms with Crippen molar-refractivity contribution in [1.82, 2.24) is 10.3 Å². The van der Waals surface area contributed by atoms with Crippen molar-refractivity contribution < 1.29 is 9.53 Å². The number of hydrogen-bond donors (Lipinski definition) is 1. The van der Waals surface area contributed by atoms with Crippen LogP contribution >= 0.6 is 15.9 Å². The van der Waals surface area contributed by atoms with E-state index < -0.39 is 6.10 Å². The van der Waals surface area contributed by atoms with Gasteiger partial charge in [0.15, 0.2) is 0 Å². The second-order valence-electron chi connectivity index (χ2n) is 5.85. The van der Waals surface area contributed by atoms with Gasteiger partial charge in [-0.2, -0.15) is 0 Å². The van der Waals surface area contributed by atoms with Crippen LogP contribution in [0.1, 0.15) is 30.2 Å². The summed E-state index contributed by atoms with van der Waals surface area (Å²) in [7, 11) is 0. The van der Waals surface area contributed by atoms with Gasteiger partial charge in [0.1, 0.15) is 5.75 Å². The number of carbonyl (C=O) groups excluding carboxylic acids is 1. The van der Waals surface area contributed by atoms with E-state index in [1.165, 1.54) is 0 Å². The van der Waals surface area contributed by atoms with Gasteiger partial charge in [0, 0.05) is 18.0 Å². The fraction of sp³-hybridized carbons (Fsp3) is 0.143. The number of ether oxygens (including phenoxy) is 1. The van der Waals surface area contributed by atoms with E-state index in [1.54, 1.807) is 12.4 Å². The van der Waals surface area contributed by atoms with Gasteiger partial charge in [-0.25, -0.2) is 0 Å². The molecule has 1 aromatic heterocycles. The molecule has 26 heavy (non-hydrogen) atoms. The van der Waals surface area contributed by atoms with E-state index in [0.29, 0.717) is 5.75 Å². The first kappa shape index (κ1) is 18.1. The zero-order valence-corrected chi connectivity index (χ0v) is 15.9. The Morgan fingerprint density at radius 1 is 0.962 bits per heavy atom. The van der Waals surface area contributed by atoms with Crippen LogP contribution in [-0.4, -0.2) is 10.9 Å². The molecule has 5 heteroatoms. The lowest BCUT2D eigenvalue weighted by atomic mass is 10.1. The number of hydrogen-bond acceptors (Lipinski definition) is 3. The Balaban J connectivity index is 1.83. The van der Waals surface area contributed by atoms with E-state index in [4.69, 9.17) is 4.74 Å². The highest BCUT2D eigenvalue weighted by Gasteiger charge is 2.25. The molecule has 1 N–H and O–H groups in total. The zero-order valence-electron chi connectivity index (χ0n) is 14.3. The van der Waals surface area contributed by atoms with Gasteiger partial charge in [0.2, 0.25) is 6.10 Å². The van der Waals surface area contributed by atoms with Crippen molar-refractivity contribution in [3.8, 4) is 5.75 Å². The molecule has 0 aliphatic carbocycles. The number of aromatic nitrogens is 1. The van der Waals surface area contributed by atoms with Gasteiger partial charge >= 0.3 is 0 Å². The number of amides is 1. The van der Waals surface area contributed by atoms with Crippen LogP contribution in [0.5, 0.6) is 5.75 Å². The summed E-state index contributed by atoms with van der Waals surface area (Å²) in [6.07, 6.45) is 2.67. The van der Waals surface area contributed by atoms with Gasteiger partial charge in [-0.15, -0.1) is 0 Å². The van der Waals surface area contributed by atoms with Crippen LogP contribution in [-0.2, 0) is 4.79 Å². The Morgan fingerprint density at radius 3 is 2.31 bits per heavy atom. The average molecular weight is 411 g/mol. The van der Waals surface area contributed by atoms with Crippen LogP contribution in [0.25, 0.3) is 0 Å². The molecule has 132 valence electrons. The number of halogens is 1. The molecule has 0 aliphatic rings. The lowest BCUT2D eigenvalue weighted by molar-refractivity contribution is -0.129. The van der Waals surface area contributed by atoms with E-state index in [0.717, 1.165) is 15.6 Å². The highest BCUT2D eigenvalue weighted by atomic mass is 79.9. The molecule has 2 unspecified atom stereocenters. The van der Waals surface area contributed by atoms with E-state index >= 15 is 0 Å². The van der Waals surface area contributed by atoms with Gasteiger partial charge in [-0.3, -0.25) is 9.78 Å². The molecular weight excluding hydrogens is 392 g/mol. The van der Waals surface area contributed by atoms with Crippen molar-refractivity contribution in [1.29, 1.82) is 0 Å². The predicted molar refractivity (Wildman–Crippen MR) is 105 cm³/mol. The molecule has 4 nitrogen and oxygen atoms in total. The van der Waals surface area contributed by atoms with Gasteiger partial charge in [0.25, 0.3) is 5.91 Å². The van der Waals surface area contributed by atoms with Crippen molar-refractivity contribution in [2.75, 3.05) is 0 Å². The summed E-state index contributed by atoms with van der Waals surface area (Å²) in [6.45, 7) is 1.94. The summed E-state index contributed by atoms with van der Waals surface area (Å²) in [5.74, 6) is 0.421. The number of rotatable bonds is 6. The number of nitrogens with zero attached hydrogens (tertiary/aromatic N) is 1. The maximum atomic E-state index is 13.0. The van der Waals surface area contributed by atoms with Crippen molar-refractivity contribution >= 4 is 21.8 Å². The second-order valence-corrected chi connectivity index (χ2v) is 6.70. The Kier molecular flexibility index (Phi) is 6.02. The first-order valence-electron chi connectivity index (χ1n) is 8.31. The quantitative estimate of drug-likeness (QED) is 0.632. The van der Waals surface area contributed by atoms with Crippen LogP contribution in [0.2, 0.25) is 0 Å². The van der Waals surface area contributed by atoms with E-state index in [2.05, 4.69) is 26.2 Å². The highest BCUT2D eigenvalue weighted by Crippen LogP contribution is 2.29. The first-order chi connectivity index (χ1) is 12.6. The van der Waals surface area contributed by atoms with Crippen LogP contribution in [0.4, 0.5) is 0 Å². The van der Waals surface area contributed by atoms with Gasteiger partial charge in [0.05, 0.1) is 10.5 Å². The lowest BCUT2D eigenvalue weighted by Crippen LogP contribution is -2.34. The minimum Gasteiger partial charge on any atom is -0.475 e. The topological polar surface area (TPSA) is 51.2 Å². The minimum absolute atomic E-state index is 0.153. The summed E-state index contributed by atoms with van der Waals surface area (Å²) in [5.41, 5.74) is 1.78. The molecule has 0 aliphatic heterocycles. The second kappa shape index (κ2) is 8.63. The van der Waals surface area contributed by atoms with Crippen molar-refractivity contribution in [2.45, 2.75) is 19.1 Å². The lowest BCUT2D eigenvalue weighted by Gasteiger charge is -2.22. The monoisotopic (exact) mass is 410 g/mol. The molecule has 2 atom stereocenters. The number of nitrogens with one attached hydrogen (secondary N) is 1. The fourth-order valence-corrected chi connectivity index (χ4v) is 2.97. The molecule has 0 saturated heterocycles. The summed E-state index contributed by atoms with van der Waals surface area (Å²) >= 11 is 3.47. The first-order valence-corrected chi connectivity index (χ1v) is 9.11. The van der Waals surface area contributed by atoms with Crippen molar-refractivity contribution in [3.63, 3.8) is 0 Å². The SMILES string of the molecule is CC(NC(=O)C(Oc1ccccc1Br)c1ccccc1)c1ccncc1. The molecule has 3 aromatic rings. The maximum Gasteiger partial charge on any atom is 0.266 e. The Bertz CT molecular complexity index is 856. The van der Waals surface area contributed by atoms with Crippen molar-refractivity contribution in [2.24, 2.45) is 0 Å². The molecule has 1 amide bonds. The van der Waals surface area contributed by atoms with Gasteiger partial charge in [-0.1, -0.05) is 42.5 Å². The summed E-state index contributed by atoms with van der Waals surface area (Å²) in [5, 5.41) is 3.03. The van der Waals surface area contributed by atoms with Gasteiger partial charge in [-0.05, 0) is 52.7 Å². The normalized spacial score (nSPS) is 12.8. The number of benzene rings is 2. The molecule has 2 aromatic carbocycles. The van der Waals surface area contributed by atoms with Crippen LogP contribution < -0.4 is 10.1 Å². The smallest absolute Gasteiger partial charge is 0.266 e. The number of carbonyl (C=O) groups is 1. The Morgan fingerprint density at radius 2 is 1.62 bits per heavy atom. The van der Waals surface area contributed by atoms with E-state index in [9.17, 15) is 4.79 Å². The van der Waals surface area contributed by atoms with Crippen LogP contribution in [0.3, 0.4) is 0 Å². The summed E-state index contributed by atoms with van der Waals surface area (Å²) in [4.78, 5) is 17.0. The maximum absolute atomic E-state index is 13.0. The Labute approximate surface area is 161 Å². The van der Waals surface area contributed by atoms with E-state index in [1.807, 2.05) is 73.7 Å². The zero-order chi connectivity index (χ0) is 18.4. The largest absolute Gasteiger partial charge is 0.475 e. The third-order valence-electron chi connectivity index (χ3n) is 3.99. The fourth-order valence-electron chi connectivity index (χ4n) is 2.59. The third-order valence-corrected chi connectivity index (χ3v) is 4.64. The number of para-hydroxylation sites is 1. The molecule has 0 saturated carbocycles. The van der Waals surface area contributed by atoms with Crippen LogP contribution in [0.15, 0.2) is 83.6 Å². The molecule has 0 spiro atoms. The molecule has 1 heterocycles. The summed E-state index contributed by atoms with van der Waals surface area (Å²) < 4.78 is 6.86. The number of pyridine rings is 1. The molecular formula is C21H19BrN2O2. The van der Waals surface area contributed by atoms with E-state index in [-0.39, 0.29) is 11.9 Å². The van der Waals surface area contributed by atoms with Crippen LogP contribution in [0, 0.1) is 0 Å². The predicted octanol–water partition coefficient (Wildman–Crippen LogP) is 4.84. The Hall–Kier alpha value is -2.66. The molecule has 0 fully saturated rings. The standard InChI is InChI=1S/C21H19BrN2O2/c1-15(16-11-13-23-14-12-16)24-21(25)20(17-7-3-2-4-8-17)26-19-10-6-5-9-18(19)22/h2-15,20H,1H3,(H,24,25). The van der Waals surface area contributed by atoms with Crippen molar-refractivity contribution in [3.05, 3.63) is 94.7 Å². The minimum atomic E-state index is -0.751. The molecule has 0 radical (unpaired) electrons. The highest BCUT2D eigenvalue weighted by molar-refractivity contribution is 9.10. The third kappa shape index (κ3) is 4.49. The molecule has 0 bridgehead atoms.